The zero-order valence-corrected chi connectivity index (χ0v) is 20.6. The minimum atomic E-state index is -0.610. The maximum atomic E-state index is 12.5. The number of carbonyl (C=O) groups is 3. The molecule has 1 N–H and O–H groups in total. The van der Waals surface area contributed by atoms with Gasteiger partial charge in [-0.1, -0.05) is 23.2 Å². The van der Waals surface area contributed by atoms with Crippen LogP contribution in [0.3, 0.4) is 0 Å². The van der Waals surface area contributed by atoms with E-state index in [1.807, 2.05) is 0 Å². The maximum absolute atomic E-state index is 12.5. The Bertz CT molecular complexity index is 989. The number of ether oxygens (including phenoxy) is 3. The predicted octanol–water partition coefficient (Wildman–Crippen LogP) is 5.90. The number of amides is 1. The van der Waals surface area contributed by atoms with Crippen molar-refractivity contribution in [3.63, 3.8) is 0 Å². The van der Waals surface area contributed by atoms with Crippen molar-refractivity contribution >= 4 is 57.4 Å². The van der Waals surface area contributed by atoms with Crippen LogP contribution in [0, 0.1) is 6.92 Å². The third-order valence-corrected chi connectivity index (χ3v) is 5.82. The van der Waals surface area contributed by atoms with Crippen molar-refractivity contribution in [1.29, 1.82) is 0 Å². The Labute approximate surface area is 200 Å². The van der Waals surface area contributed by atoms with Gasteiger partial charge in [-0.2, -0.15) is 0 Å². The monoisotopic (exact) mass is 501 g/mol. The van der Waals surface area contributed by atoms with Gasteiger partial charge in [0.15, 0.2) is 0 Å². The second kappa shape index (κ2) is 12.1. The number of nitrogens with one attached hydrogen (secondary N) is 1. The Morgan fingerprint density at radius 2 is 1.88 bits per heavy atom. The molecule has 0 unspecified atom stereocenters. The molecular weight excluding hydrogens is 477 g/mol. The van der Waals surface area contributed by atoms with Crippen LogP contribution in [0.2, 0.25) is 10.0 Å². The van der Waals surface area contributed by atoms with Gasteiger partial charge in [0.1, 0.15) is 15.6 Å². The van der Waals surface area contributed by atoms with Crippen molar-refractivity contribution in [3.8, 4) is 5.75 Å². The summed E-state index contributed by atoms with van der Waals surface area (Å²) in [6.45, 7) is 7.19. The molecule has 1 aromatic carbocycles. The fraction of sp³-hybridized carbons (Fsp3) is 0.409. The molecule has 0 aliphatic carbocycles. The molecule has 0 saturated heterocycles. The molecule has 1 aromatic heterocycles. The fourth-order valence-corrected chi connectivity index (χ4v) is 4.27. The van der Waals surface area contributed by atoms with E-state index in [-0.39, 0.29) is 47.1 Å². The van der Waals surface area contributed by atoms with Crippen LogP contribution in [-0.4, -0.2) is 37.2 Å². The van der Waals surface area contributed by atoms with Crippen molar-refractivity contribution in [1.82, 2.24) is 0 Å². The summed E-state index contributed by atoms with van der Waals surface area (Å²) in [5, 5.41) is 3.85. The minimum absolute atomic E-state index is 0.135. The first-order valence-electron chi connectivity index (χ1n) is 10.0. The average molecular weight is 502 g/mol. The van der Waals surface area contributed by atoms with Crippen molar-refractivity contribution in [2.45, 2.75) is 46.6 Å². The molecule has 0 aliphatic heterocycles. The molecule has 0 fully saturated rings. The highest BCUT2D eigenvalue weighted by atomic mass is 35.5. The molecule has 0 atom stereocenters. The Hall–Kier alpha value is -2.29. The zero-order chi connectivity index (χ0) is 23.8. The molecule has 10 heteroatoms. The normalized spacial score (nSPS) is 10.7. The predicted molar refractivity (Wildman–Crippen MR) is 125 cm³/mol. The van der Waals surface area contributed by atoms with Crippen molar-refractivity contribution in [3.05, 3.63) is 44.2 Å². The average Bonchev–Trinajstić information content (AvgIpc) is 3.02. The van der Waals surface area contributed by atoms with Crippen molar-refractivity contribution < 1.29 is 28.6 Å². The number of esters is 2. The van der Waals surface area contributed by atoms with Gasteiger partial charge in [-0.3, -0.25) is 4.79 Å². The van der Waals surface area contributed by atoms with E-state index in [0.29, 0.717) is 27.8 Å². The third kappa shape index (κ3) is 7.12. The molecule has 0 radical (unpaired) electrons. The quantitative estimate of drug-likeness (QED) is 0.321. The number of anilines is 1. The lowest BCUT2D eigenvalue weighted by molar-refractivity contribution is -0.116. The summed E-state index contributed by atoms with van der Waals surface area (Å²) in [6.07, 6.45) is 0.227. The van der Waals surface area contributed by atoms with Gasteiger partial charge >= 0.3 is 11.9 Å². The van der Waals surface area contributed by atoms with E-state index in [9.17, 15) is 14.4 Å². The number of benzene rings is 1. The number of thiophene rings is 1. The van der Waals surface area contributed by atoms with E-state index in [1.54, 1.807) is 45.9 Å². The first-order valence-corrected chi connectivity index (χ1v) is 11.6. The molecule has 174 valence electrons. The van der Waals surface area contributed by atoms with Crippen LogP contribution in [0.1, 0.15) is 59.2 Å². The summed E-state index contributed by atoms with van der Waals surface area (Å²) in [5.74, 6) is -1.02. The van der Waals surface area contributed by atoms with Gasteiger partial charge in [-0.05, 0) is 57.9 Å². The first kappa shape index (κ1) is 26.0. The molecule has 1 heterocycles. The number of halogens is 2. The SMILES string of the molecule is CCOC(=O)c1c(NC(=O)CCCOc2ccc(Cl)cc2Cl)sc(C(=O)OC(C)C)c1C. The summed E-state index contributed by atoms with van der Waals surface area (Å²) in [4.78, 5) is 37.5. The van der Waals surface area contributed by atoms with Gasteiger partial charge < -0.3 is 19.5 Å². The van der Waals surface area contributed by atoms with E-state index in [0.717, 1.165) is 11.3 Å². The molecule has 0 aliphatic rings. The maximum Gasteiger partial charge on any atom is 0.348 e. The van der Waals surface area contributed by atoms with Gasteiger partial charge in [0.25, 0.3) is 0 Å². The Morgan fingerprint density at radius 1 is 1.16 bits per heavy atom. The first-order chi connectivity index (χ1) is 15.1. The molecule has 2 rings (SSSR count). The molecule has 0 spiro atoms. The van der Waals surface area contributed by atoms with Gasteiger partial charge in [0, 0.05) is 11.4 Å². The second-order valence-corrected chi connectivity index (χ2v) is 8.87. The van der Waals surface area contributed by atoms with Crippen LogP contribution in [0.15, 0.2) is 18.2 Å². The van der Waals surface area contributed by atoms with Crippen LogP contribution >= 0.6 is 34.5 Å². The second-order valence-electron chi connectivity index (χ2n) is 7.01. The van der Waals surface area contributed by atoms with Crippen LogP contribution < -0.4 is 10.1 Å². The van der Waals surface area contributed by atoms with Crippen LogP contribution in [0.5, 0.6) is 5.75 Å². The van der Waals surface area contributed by atoms with E-state index in [4.69, 9.17) is 37.4 Å². The van der Waals surface area contributed by atoms with Gasteiger partial charge in [0.05, 0.1) is 29.9 Å². The lowest BCUT2D eigenvalue weighted by atomic mass is 10.1. The molecule has 0 bridgehead atoms. The number of hydrogen-bond acceptors (Lipinski definition) is 7. The number of rotatable bonds is 10. The molecule has 0 saturated carbocycles. The van der Waals surface area contributed by atoms with Gasteiger partial charge in [-0.15, -0.1) is 11.3 Å². The topological polar surface area (TPSA) is 90.9 Å². The Morgan fingerprint density at radius 3 is 2.50 bits per heavy atom. The van der Waals surface area contributed by atoms with Crippen LogP contribution in [-0.2, 0) is 14.3 Å². The highest BCUT2D eigenvalue weighted by Crippen LogP contribution is 2.35. The van der Waals surface area contributed by atoms with Gasteiger partial charge in [-0.25, -0.2) is 9.59 Å². The van der Waals surface area contributed by atoms with E-state index in [2.05, 4.69) is 5.32 Å². The smallest absolute Gasteiger partial charge is 0.348 e. The highest BCUT2D eigenvalue weighted by Gasteiger charge is 2.27. The largest absolute Gasteiger partial charge is 0.492 e. The van der Waals surface area contributed by atoms with E-state index in [1.165, 1.54) is 0 Å². The number of hydrogen-bond donors (Lipinski definition) is 1. The Balaban J connectivity index is 2.04. The zero-order valence-electron chi connectivity index (χ0n) is 18.3. The van der Waals surface area contributed by atoms with Crippen LogP contribution in [0.25, 0.3) is 0 Å². The molecule has 7 nitrogen and oxygen atoms in total. The summed E-state index contributed by atoms with van der Waals surface area (Å²) in [5.41, 5.74) is 0.570. The summed E-state index contributed by atoms with van der Waals surface area (Å²) in [7, 11) is 0. The van der Waals surface area contributed by atoms with Crippen molar-refractivity contribution in [2.75, 3.05) is 18.5 Å². The Kier molecular flexibility index (Phi) is 9.81. The molecule has 32 heavy (non-hydrogen) atoms. The lowest BCUT2D eigenvalue weighted by Gasteiger charge is -2.09. The van der Waals surface area contributed by atoms with Crippen molar-refractivity contribution in [2.24, 2.45) is 0 Å². The van der Waals surface area contributed by atoms with Crippen LogP contribution in [0.4, 0.5) is 5.00 Å². The third-order valence-electron chi connectivity index (χ3n) is 4.11. The summed E-state index contributed by atoms with van der Waals surface area (Å²) >= 11 is 12.9. The summed E-state index contributed by atoms with van der Waals surface area (Å²) < 4.78 is 15.9. The summed E-state index contributed by atoms with van der Waals surface area (Å²) in [6, 6.07) is 4.89. The van der Waals surface area contributed by atoms with E-state index >= 15 is 0 Å². The standard InChI is InChI=1S/C22H25Cl2NO6S/c1-5-29-21(27)18-13(4)19(22(28)31-12(2)3)32-20(18)25-17(26)7-6-10-30-16-9-8-14(23)11-15(16)24/h8-9,11-12H,5-7,10H2,1-4H3,(H,25,26). The highest BCUT2D eigenvalue weighted by molar-refractivity contribution is 7.18. The number of carbonyl (C=O) groups excluding carboxylic acids is 3. The lowest BCUT2D eigenvalue weighted by Crippen LogP contribution is -2.15. The fourth-order valence-electron chi connectivity index (χ4n) is 2.71. The molecule has 1 amide bonds. The molecule has 2 aromatic rings. The van der Waals surface area contributed by atoms with E-state index < -0.39 is 11.9 Å². The van der Waals surface area contributed by atoms with Gasteiger partial charge in [0.2, 0.25) is 5.91 Å². The minimum Gasteiger partial charge on any atom is -0.492 e. The molecular formula is C22H25Cl2NO6S.